The number of benzene rings is 2. The van der Waals surface area contributed by atoms with Gasteiger partial charge in [0.1, 0.15) is 12.4 Å². The summed E-state index contributed by atoms with van der Waals surface area (Å²) in [7, 11) is 1.69. The number of rotatable bonds is 8. The van der Waals surface area contributed by atoms with Crippen LogP contribution in [0.5, 0.6) is 5.75 Å². The van der Waals surface area contributed by atoms with Gasteiger partial charge in [0.2, 0.25) is 0 Å². The highest BCUT2D eigenvalue weighted by Crippen LogP contribution is 2.19. The van der Waals surface area contributed by atoms with Crippen LogP contribution in [0.4, 0.5) is 0 Å². The summed E-state index contributed by atoms with van der Waals surface area (Å²) >= 11 is 0. The van der Waals surface area contributed by atoms with Gasteiger partial charge in [-0.1, -0.05) is 30.3 Å². The van der Waals surface area contributed by atoms with Gasteiger partial charge >= 0.3 is 0 Å². The van der Waals surface area contributed by atoms with Gasteiger partial charge in [-0.2, -0.15) is 0 Å². The van der Waals surface area contributed by atoms with Gasteiger partial charge in [-0.25, -0.2) is 0 Å². The first-order valence-electron chi connectivity index (χ1n) is 9.00. The number of amides is 1. The van der Waals surface area contributed by atoms with E-state index in [2.05, 4.69) is 10.6 Å². The van der Waals surface area contributed by atoms with Crippen LogP contribution < -0.4 is 15.4 Å². The van der Waals surface area contributed by atoms with Crippen molar-refractivity contribution < 1.29 is 14.3 Å². The summed E-state index contributed by atoms with van der Waals surface area (Å²) in [5, 5.41) is 6.48. The SMILES string of the molecule is COCC1(CNC(=O)c2ccc(OCc3ccccc3)cc2)CCCN1.Cl. The summed E-state index contributed by atoms with van der Waals surface area (Å²) < 4.78 is 11.1. The van der Waals surface area contributed by atoms with Crippen LogP contribution in [0.2, 0.25) is 0 Å². The standard InChI is InChI=1S/C21H26N2O3.ClH/c1-25-16-21(12-5-13-23-21)15-22-20(24)18-8-10-19(11-9-18)26-14-17-6-3-2-4-7-17;/h2-4,6-11,23H,5,12-16H2,1H3,(H,22,24);1H. The Hall–Kier alpha value is -2.08. The molecule has 3 rings (SSSR count). The van der Waals surface area contributed by atoms with Crippen molar-refractivity contribution in [3.63, 3.8) is 0 Å². The Labute approximate surface area is 166 Å². The first-order chi connectivity index (χ1) is 12.7. The Bertz CT molecular complexity index is 701. The largest absolute Gasteiger partial charge is 0.489 e. The molecule has 6 heteroatoms. The van der Waals surface area contributed by atoms with Gasteiger partial charge in [0, 0.05) is 19.2 Å². The molecule has 0 aromatic heterocycles. The normalized spacial score (nSPS) is 18.6. The minimum Gasteiger partial charge on any atom is -0.489 e. The lowest BCUT2D eigenvalue weighted by atomic mass is 9.98. The van der Waals surface area contributed by atoms with Gasteiger partial charge in [-0.05, 0) is 49.2 Å². The van der Waals surface area contributed by atoms with Gasteiger partial charge in [-0.3, -0.25) is 4.79 Å². The second-order valence-corrected chi connectivity index (χ2v) is 6.73. The van der Waals surface area contributed by atoms with Crippen molar-refractivity contribution in [2.45, 2.75) is 25.0 Å². The van der Waals surface area contributed by atoms with Crippen LogP contribution >= 0.6 is 12.4 Å². The van der Waals surface area contributed by atoms with Crippen molar-refractivity contribution in [1.29, 1.82) is 0 Å². The molecule has 5 nitrogen and oxygen atoms in total. The maximum Gasteiger partial charge on any atom is 0.251 e. The second-order valence-electron chi connectivity index (χ2n) is 6.73. The molecule has 1 saturated heterocycles. The average Bonchev–Trinajstić information content (AvgIpc) is 3.15. The van der Waals surface area contributed by atoms with Crippen LogP contribution in [0.25, 0.3) is 0 Å². The Morgan fingerprint density at radius 2 is 1.89 bits per heavy atom. The molecule has 1 fully saturated rings. The third kappa shape index (κ3) is 5.96. The van der Waals surface area contributed by atoms with Crippen molar-refractivity contribution in [2.75, 3.05) is 26.8 Å². The first-order valence-corrected chi connectivity index (χ1v) is 9.00. The maximum atomic E-state index is 12.4. The molecule has 1 heterocycles. The van der Waals surface area contributed by atoms with Crippen LogP contribution in [-0.4, -0.2) is 38.3 Å². The fourth-order valence-electron chi connectivity index (χ4n) is 3.27. The Morgan fingerprint density at radius 3 is 2.52 bits per heavy atom. The number of halogens is 1. The molecule has 27 heavy (non-hydrogen) atoms. The molecule has 1 atom stereocenters. The van der Waals surface area contributed by atoms with Crippen LogP contribution in [-0.2, 0) is 11.3 Å². The highest BCUT2D eigenvalue weighted by atomic mass is 35.5. The van der Waals surface area contributed by atoms with Crippen LogP contribution in [0.1, 0.15) is 28.8 Å². The zero-order valence-corrected chi connectivity index (χ0v) is 16.4. The van der Waals surface area contributed by atoms with E-state index in [0.717, 1.165) is 30.7 Å². The minimum atomic E-state index is -0.150. The van der Waals surface area contributed by atoms with Gasteiger partial charge < -0.3 is 20.1 Å². The van der Waals surface area contributed by atoms with Crippen molar-refractivity contribution in [3.8, 4) is 5.75 Å². The lowest BCUT2D eigenvalue weighted by Crippen LogP contribution is -2.52. The molecule has 0 radical (unpaired) electrons. The summed E-state index contributed by atoms with van der Waals surface area (Å²) in [5.41, 5.74) is 1.59. The van der Waals surface area contributed by atoms with E-state index >= 15 is 0 Å². The molecule has 0 bridgehead atoms. The zero-order chi connectivity index (χ0) is 18.2. The van der Waals surface area contributed by atoms with Crippen molar-refractivity contribution in [2.24, 2.45) is 0 Å². The topological polar surface area (TPSA) is 59.6 Å². The Kier molecular flexibility index (Phi) is 8.10. The lowest BCUT2D eigenvalue weighted by Gasteiger charge is -2.29. The summed E-state index contributed by atoms with van der Waals surface area (Å²) in [4.78, 5) is 12.4. The van der Waals surface area contributed by atoms with Gasteiger partial charge in [0.05, 0.1) is 12.1 Å². The van der Waals surface area contributed by atoms with E-state index < -0.39 is 0 Å². The summed E-state index contributed by atoms with van der Waals surface area (Å²) in [6.45, 7) is 2.63. The lowest BCUT2D eigenvalue weighted by molar-refractivity contribution is 0.0892. The van der Waals surface area contributed by atoms with E-state index in [1.165, 1.54) is 0 Å². The maximum absolute atomic E-state index is 12.4. The van der Waals surface area contributed by atoms with E-state index in [1.54, 1.807) is 19.2 Å². The van der Waals surface area contributed by atoms with Crippen LogP contribution in [0.15, 0.2) is 54.6 Å². The fourth-order valence-corrected chi connectivity index (χ4v) is 3.27. The summed E-state index contributed by atoms with van der Waals surface area (Å²) in [6.07, 6.45) is 2.11. The molecule has 1 aliphatic heterocycles. The number of hydrogen-bond acceptors (Lipinski definition) is 4. The number of hydrogen-bond donors (Lipinski definition) is 2. The smallest absolute Gasteiger partial charge is 0.251 e. The molecule has 1 amide bonds. The van der Waals surface area contributed by atoms with E-state index in [-0.39, 0.29) is 23.9 Å². The molecule has 1 aliphatic rings. The summed E-state index contributed by atoms with van der Waals surface area (Å²) in [5.74, 6) is 0.669. The number of methoxy groups -OCH3 is 1. The highest BCUT2D eigenvalue weighted by Gasteiger charge is 2.33. The van der Waals surface area contributed by atoms with Crippen LogP contribution in [0.3, 0.4) is 0 Å². The van der Waals surface area contributed by atoms with E-state index in [0.29, 0.717) is 25.3 Å². The Balaban J connectivity index is 0.00000261. The van der Waals surface area contributed by atoms with Crippen molar-refractivity contribution >= 4 is 18.3 Å². The van der Waals surface area contributed by atoms with E-state index in [1.807, 2.05) is 42.5 Å². The number of carbonyl (C=O) groups excluding carboxylic acids is 1. The van der Waals surface area contributed by atoms with Gasteiger partial charge in [0.25, 0.3) is 5.91 Å². The van der Waals surface area contributed by atoms with Crippen LogP contribution in [0, 0.1) is 0 Å². The molecule has 0 saturated carbocycles. The number of nitrogens with one attached hydrogen (secondary N) is 2. The molecular formula is C21H27ClN2O3. The van der Waals surface area contributed by atoms with E-state index in [9.17, 15) is 4.79 Å². The number of ether oxygens (including phenoxy) is 2. The minimum absolute atomic E-state index is 0. The highest BCUT2D eigenvalue weighted by molar-refractivity contribution is 5.94. The molecule has 2 aromatic rings. The quantitative estimate of drug-likeness (QED) is 0.726. The second kappa shape index (κ2) is 10.3. The zero-order valence-electron chi connectivity index (χ0n) is 15.6. The third-order valence-corrected chi connectivity index (χ3v) is 4.70. The Morgan fingerprint density at radius 1 is 1.15 bits per heavy atom. The molecule has 2 N–H and O–H groups in total. The number of carbonyl (C=O) groups is 1. The monoisotopic (exact) mass is 390 g/mol. The predicted octanol–water partition coefficient (Wildman–Crippen LogP) is 3.19. The predicted molar refractivity (Wildman–Crippen MR) is 109 cm³/mol. The molecule has 146 valence electrons. The first kappa shape index (κ1) is 21.2. The molecule has 0 aliphatic carbocycles. The molecule has 2 aromatic carbocycles. The average molecular weight is 391 g/mol. The van der Waals surface area contributed by atoms with Gasteiger partial charge in [0.15, 0.2) is 0 Å². The molecular weight excluding hydrogens is 364 g/mol. The molecule has 0 spiro atoms. The van der Waals surface area contributed by atoms with Crippen molar-refractivity contribution in [1.82, 2.24) is 10.6 Å². The van der Waals surface area contributed by atoms with E-state index in [4.69, 9.17) is 9.47 Å². The third-order valence-electron chi connectivity index (χ3n) is 4.70. The van der Waals surface area contributed by atoms with Crippen molar-refractivity contribution in [3.05, 3.63) is 65.7 Å². The van der Waals surface area contributed by atoms with Gasteiger partial charge in [-0.15, -0.1) is 12.4 Å². The fraction of sp³-hybridized carbons (Fsp3) is 0.381. The molecule has 1 unspecified atom stereocenters. The summed E-state index contributed by atoms with van der Waals surface area (Å²) in [6, 6.07) is 17.2.